The third kappa shape index (κ3) is 2.27. The molecule has 132 valence electrons. The fourth-order valence-corrected chi connectivity index (χ4v) is 4.90. The van der Waals surface area contributed by atoms with E-state index < -0.39 is 0 Å². The monoisotopic (exact) mass is 368 g/mol. The summed E-state index contributed by atoms with van der Waals surface area (Å²) >= 11 is 1.50. The number of H-pyrrole nitrogens is 1. The molecule has 0 aliphatic carbocycles. The van der Waals surface area contributed by atoms with Gasteiger partial charge in [0.25, 0.3) is 5.91 Å². The number of allylic oxidation sites excluding steroid dienone is 2. The van der Waals surface area contributed by atoms with Gasteiger partial charge in [-0.3, -0.25) is 9.89 Å². The zero-order valence-electron chi connectivity index (χ0n) is 14.0. The number of aliphatic imine (C=N–C) groups is 1. The van der Waals surface area contributed by atoms with Crippen molar-refractivity contribution in [1.29, 1.82) is 0 Å². The maximum atomic E-state index is 12.8. The number of dihydropyridines is 1. The van der Waals surface area contributed by atoms with Gasteiger partial charge in [0.05, 0.1) is 35.7 Å². The average molecular weight is 368 g/mol. The highest BCUT2D eigenvalue weighted by atomic mass is 32.2. The molecule has 8 nitrogen and oxygen atoms in total. The summed E-state index contributed by atoms with van der Waals surface area (Å²) < 4.78 is 7.81. The van der Waals surface area contributed by atoms with E-state index in [9.17, 15) is 4.79 Å². The van der Waals surface area contributed by atoms with E-state index in [1.165, 1.54) is 11.8 Å². The number of nitrogens with zero attached hydrogens (tertiary/aromatic N) is 5. The number of carbonyl (C=O) groups excluding carboxylic acids is 1. The number of hydrogen-bond acceptors (Lipinski definition) is 6. The molecule has 26 heavy (non-hydrogen) atoms. The van der Waals surface area contributed by atoms with Crippen molar-refractivity contribution < 1.29 is 9.53 Å². The lowest BCUT2D eigenvalue weighted by atomic mass is 9.89. The third-order valence-electron chi connectivity index (χ3n) is 4.85. The van der Waals surface area contributed by atoms with Gasteiger partial charge in [-0.1, -0.05) is 5.21 Å². The molecule has 2 aromatic rings. The lowest BCUT2D eigenvalue weighted by molar-refractivity contribution is -0.116. The van der Waals surface area contributed by atoms with Crippen molar-refractivity contribution in [2.24, 2.45) is 4.99 Å². The van der Waals surface area contributed by atoms with Crippen LogP contribution in [-0.4, -0.2) is 48.7 Å². The number of hydrogen-bond donors (Lipinski definition) is 1. The van der Waals surface area contributed by atoms with E-state index in [-0.39, 0.29) is 17.2 Å². The summed E-state index contributed by atoms with van der Waals surface area (Å²) in [5, 5.41) is 14.5. The number of amides is 1. The fraction of sp³-hybridized carbons (Fsp3) is 0.353. The lowest BCUT2D eigenvalue weighted by Gasteiger charge is -2.24. The molecule has 3 aliphatic rings. The van der Waals surface area contributed by atoms with Gasteiger partial charge >= 0.3 is 0 Å². The van der Waals surface area contributed by atoms with Crippen molar-refractivity contribution in [3.05, 3.63) is 47.3 Å². The average Bonchev–Trinajstić information content (AvgIpc) is 3.37. The molecule has 1 amide bonds. The van der Waals surface area contributed by atoms with Crippen molar-refractivity contribution >= 4 is 28.3 Å². The van der Waals surface area contributed by atoms with Crippen molar-refractivity contribution in [3.8, 4) is 0 Å². The molecular weight excluding hydrogens is 352 g/mol. The Morgan fingerprint density at radius 2 is 2.38 bits per heavy atom. The minimum Gasteiger partial charge on any atom is -0.492 e. The highest BCUT2D eigenvalue weighted by Gasteiger charge is 2.44. The molecule has 3 aliphatic heterocycles. The molecule has 1 N–H and O–H groups in total. The maximum absolute atomic E-state index is 12.8. The van der Waals surface area contributed by atoms with Crippen LogP contribution in [0.2, 0.25) is 0 Å². The first-order valence-electron chi connectivity index (χ1n) is 8.49. The normalized spacial score (nSPS) is 23.5. The van der Waals surface area contributed by atoms with Crippen LogP contribution >= 0.6 is 11.8 Å². The summed E-state index contributed by atoms with van der Waals surface area (Å²) in [6.45, 7) is 2.61. The van der Waals surface area contributed by atoms with E-state index in [2.05, 4.69) is 25.5 Å². The number of rotatable bonds is 3. The molecule has 5 rings (SSSR count). The Morgan fingerprint density at radius 1 is 1.46 bits per heavy atom. The van der Waals surface area contributed by atoms with Crippen LogP contribution in [0.4, 0.5) is 0 Å². The summed E-state index contributed by atoms with van der Waals surface area (Å²) in [7, 11) is 0. The molecule has 0 bridgehead atoms. The first kappa shape index (κ1) is 15.6. The van der Waals surface area contributed by atoms with Crippen molar-refractivity contribution in [3.63, 3.8) is 0 Å². The van der Waals surface area contributed by atoms with E-state index in [0.717, 1.165) is 45.9 Å². The Morgan fingerprint density at radius 3 is 3.15 bits per heavy atom. The number of ether oxygens (including phenoxy) is 1. The van der Waals surface area contributed by atoms with E-state index in [0.29, 0.717) is 6.61 Å². The SMILES string of the molecule is C[C@@H](C1=NC(=O)C2SC(c3cn[nH]c3)=C3OCCCC1=C32)n1ccnn1. The van der Waals surface area contributed by atoms with E-state index in [1.807, 2.05) is 13.1 Å². The smallest absolute Gasteiger partial charge is 0.264 e. The van der Waals surface area contributed by atoms with E-state index in [1.54, 1.807) is 23.3 Å². The molecule has 2 atom stereocenters. The molecule has 0 saturated heterocycles. The number of aromatic amines is 1. The minimum atomic E-state index is -0.338. The van der Waals surface area contributed by atoms with Crippen LogP contribution in [0.15, 0.2) is 46.7 Å². The summed E-state index contributed by atoms with van der Waals surface area (Å²) in [5.74, 6) is 0.664. The highest BCUT2D eigenvalue weighted by Crippen LogP contribution is 2.52. The second-order valence-electron chi connectivity index (χ2n) is 6.38. The van der Waals surface area contributed by atoms with E-state index in [4.69, 9.17) is 4.74 Å². The summed E-state index contributed by atoms with van der Waals surface area (Å²) in [6.07, 6.45) is 8.72. The molecule has 1 unspecified atom stereocenters. The summed E-state index contributed by atoms with van der Waals surface area (Å²) in [4.78, 5) is 18.2. The molecular formula is C17H16N6O2S. The van der Waals surface area contributed by atoms with Gasteiger partial charge in [0.1, 0.15) is 11.0 Å². The van der Waals surface area contributed by atoms with Gasteiger partial charge in [0, 0.05) is 23.5 Å². The van der Waals surface area contributed by atoms with Gasteiger partial charge in [-0.2, -0.15) is 5.10 Å². The lowest BCUT2D eigenvalue weighted by Crippen LogP contribution is -2.30. The maximum Gasteiger partial charge on any atom is 0.264 e. The minimum absolute atomic E-state index is 0.141. The number of nitrogens with one attached hydrogen (secondary N) is 1. The highest BCUT2D eigenvalue weighted by molar-refractivity contribution is 8.10. The Kier molecular flexibility index (Phi) is 3.56. The van der Waals surface area contributed by atoms with Gasteiger partial charge < -0.3 is 4.74 Å². The first-order chi connectivity index (χ1) is 12.7. The molecule has 2 aromatic heterocycles. The van der Waals surface area contributed by atoms with Gasteiger partial charge in [-0.15, -0.1) is 16.9 Å². The quantitative estimate of drug-likeness (QED) is 0.891. The standard InChI is InChI=1S/C17H16N6O2S/c1-9(23-5-4-18-22-23)13-11-3-2-6-25-14-12(11)16(17(24)21-13)26-15(14)10-7-19-20-8-10/h4-5,7-9,16H,2-3,6H2,1H3,(H,19,20)/t9-,16?/m0/s1. The van der Waals surface area contributed by atoms with Crippen LogP contribution in [0.5, 0.6) is 0 Å². The van der Waals surface area contributed by atoms with Crippen LogP contribution in [0.1, 0.15) is 31.4 Å². The Labute approximate surface area is 153 Å². The molecule has 0 fully saturated rings. The molecule has 5 heterocycles. The molecule has 0 aromatic carbocycles. The van der Waals surface area contributed by atoms with Crippen LogP contribution in [0, 0.1) is 0 Å². The van der Waals surface area contributed by atoms with E-state index >= 15 is 0 Å². The van der Waals surface area contributed by atoms with Crippen LogP contribution in [0.3, 0.4) is 0 Å². The van der Waals surface area contributed by atoms with Crippen LogP contribution in [-0.2, 0) is 9.53 Å². The Balaban J connectivity index is 1.67. The predicted molar refractivity (Wildman–Crippen MR) is 96.3 cm³/mol. The predicted octanol–water partition coefficient (Wildman–Crippen LogP) is 2.13. The van der Waals surface area contributed by atoms with Crippen molar-refractivity contribution in [2.45, 2.75) is 31.1 Å². The van der Waals surface area contributed by atoms with Gasteiger partial charge in [0.2, 0.25) is 0 Å². The second-order valence-corrected chi connectivity index (χ2v) is 7.50. The summed E-state index contributed by atoms with van der Waals surface area (Å²) in [5.41, 5.74) is 3.79. The van der Waals surface area contributed by atoms with Gasteiger partial charge in [-0.25, -0.2) is 9.67 Å². The number of aromatic nitrogens is 5. The van der Waals surface area contributed by atoms with Crippen LogP contribution in [0.25, 0.3) is 4.91 Å². The Bertz CT molecular complexity index is 958. The Hall–Kier alpha value is -2.68. The molecule has 0 spiro atoms. The topological polar surface area (TPSA) is 98.1 Å². The molecule has 0 saturated carbocycles. The first-order valence-corrected chi connectivity index (χ1v) is 9.37. The van der Waals surface area contributed by atoms with Gasteiger partial charge in [0.15, 0.2) is 0 Å². The number of thioether (sulfide) groups is 1. The summed E-state index contributed by atoms with van der Waals surface area (Å²) in [6, 6.07) is -0.160. The van der Waals surface area contributed by atoms with Crippen LogP contribution < -0.4 is 0 Å². The van der Waals surface area contributed by atoms with Gasteiger partial charge in [-0.05, 0) is 25.3 Å². The largest absolute Gasteiger partial charge is 0.492 e. The zero-order chi connectivity index (χ0) is 17.7. The molecule has 9 heteroatoms. The van der Waals surface area contributed by atoms with Crippen molar-refractivity contribution in [2.75, 3.05) is 6.61 Å². The molecule has 0 radical (unpaired) electrons. The fourth-order valence-electron chi connectivity index (χ4n) is 3.62. The zero-order valence-corrected chi connectivity index (χ0v) is 14.9. The van der Waals surface area contributed by atoms with Crippen molar-refractivity contribution in [1.82, 2.24) is 25.2 Å². The second kappa shape index (κ2) is 5.94. The number of carbonyl (C=O) groups is 1. The third-order valence-corrected chi connectivity index (χ3v) is 6.18.